The van der Waals surface area contributed by atoms with E-state index < -0.39 is 4.92 Å². The molecule has 5 nitrogen and oxygen atoms in total. The fraction of sp³-hybridized carbons (Fsp3) is 0.571. The van der Waals surface area contributed by atoms with Crippen molar-refractivity contribution in [2.75, 3.05) is 17.2 Å². The van der Waals surface area contributed by atoms with Crippen molar-refractivity contribution in [2.24, 2.45) is 11.8 Å². The summed E-state index contributed by atoms with van der Waals surface area (Å²) in [5, 5.41) is 10.8. The van der Waals surface area contributed by atoms with E-state index in [1.807, 2.05) is 0 Å². The number of nitrogens with two attached hydrogens (primary N) is 1. The van der Waals surface area contributed by atoms with E-state index in [9.17, 15) is 10.1 Å². The Balaban J connectivity index is 2.31. The number of nitrogens with zero attached hydrogens (tertiary/aromatic N) is 2. The van der Waals surface area contributed by atoms with Gasteiger partial charge in [0.25, 0.3) is 5.69 Å². The van der Waals surface area contributed by atoms with Gasteiger partial charge in [0.15, 0.2) is 0 Å². The number of hydrogen-bond donors (Lipinski definition) is 1. The third-order valence-corrected chi connectivity index (χ3v) is 4.14. The average Bonchev–Trinajstić information content (AvgIpc) is 2.33. The number of piperidine rings is 1. The van der Waals surface area contributed by atoms with Crippen LogP contribution in [-0.2, 0) is 0 Å². The van der Waals surface area contributed by atoms with Crippen LogP contribution in [0.15, 0.2) is 18.2 Å². The Labute approximate surface area is 113 Å². The van der Waals surface area contributed by atoms with Crippen molar-refractivity contribution in [2.45, 2.75) is 33.2 Å². The van der Waals surface area contributed by atoms with Crippen molar-refractivity contribution in [1.82, 2.24) is 0 Å². The van der Waals surface area contributed by atoms with Crippen LogP contribution in [-0.4, -0.2) is 17.5 Å². The summed E-state index contributed by atoms with van der Waals surface area (Å²) in [5.74, 6) is 1.24. The fourth-order valence-electron chi connectivity index (χ4n) is 2.94. The highest BCUT2D eigenvalue weighted by molar-refractivity contribution is 5.67. The Morgan fingerprint density at radius 3 is 2.63 bits per heavy atom. The van der Waals surface area contributed by atoms with E-state index >= 15 is 0 Å². The van der Waals surface area contributed by atoms with Crippen molar-refractivity contribution < 1.29 is 4.92 Å². The summed E-state index contributed by atoms with van der Waals surface area (Å²) in [5.41, 5.74) is 6.97. The smallest absolute Gasteiger partial charge is 0.292 e. The Morgan fingerprint density at radius 1 is 1.37 bits per heavy atom. The molecule has 2 rings (SSSR count). The van der Waals surface area contributed by atoms with E-state index in [-0.39, 0.29) is 11.4 Å². The van der Waals surface area contributed by atoms with Gasteiger partial charge in [-0.15, -0.1) is 0 Å². The summed E-state index contributed by atoms with van der Waals surface area (Å²) >= 11 is 0. The minimum Gasteiger partial charge on any atom is -0.393 e. The van der Waals surface area contributed by atoms with Crippen molar-refractivity contribution >= 4 is 17.1 Å². The van der Waals surface area contributed by atoms with E-state index in [0.717, 1.165) is 12.2 Å². The fourth-order valence-corrected chi connectivity index (χ4v) is 2.94. The SMILES string of the molecule is CC1CC(C)C(C)N(c2ccc([N+](=O)[O-])c(N)c2)C1. The number of nitrogen functional groups attached to an aromatic ring is 1. The molecule has 1 aliphatic heterocycles. The van der Waals surface area contributed by atoms with Gasteiger partial charge >= 0.3 is 0 Å². The van der Waals surface area contributed by atoms with Crippen LogP contribution in [0.5, 0.6) is 0 Å². The molecule has 0 radical (unpaired) electrons. The lowest BCUT2D eigenvalue weighted by atomic mass is 9.85. The summed E-state index contributed by atoms with van der Waals surface area (Å²) in [6.07, 6.45) is 1.22. The number of benzene rings is 1. The van der Waals surface area contributed by atoms with Gasteiger partial charge in [0.2, 0.25) is 0 Å². The van der Waals surface area contributed by atoms with Crippen molar-refractivity contribution in [3.63, 3.8) is 0 Å². The molecular formula is C14H21N3O2. The van der Waals surface area contributed by atoms with Gasteiger partial charge in [0.05, 0.1) is 4.92 Å². The largest absolute Gasteiger partial charge is 0.393 e. The third kappa shape index (κ3) is 2.64. The summed E-state index contributed by atoms with van der Waals surface area (Å²) in [6.45, 7) is 7.67. The van der Waals surface area contributed by atoms with Crippen LogP contribution in [0.3, 0.4) is 0 Å². The Hall–Kier alpha value is -1.78. The van der Waals surface area contributed by atoms with Crippen LogP contribution in [0.4, 0.5) is 17.1 Å². The number of rotatable bonds is 2. The van der Waals surface area contributed by atoms with Gasteiger partial charge in [-0.3, -0.25) is 10.1 Å². The molecular weight excluding hydrogens is 242 g/mol. The van der Waals surface area contributed by atoms with Gasteiger partial charge in [-0.25, -0.2) is 0 Å². The maximum absolute atomic E-state index is 10.8. The summed E-state index contributed by atoms with van der Waals surface area (Å²) in [4.78, 5) is 12.7. The average molecular weight is 263 g/mol. The first-order valence-corrected chi connectivity index (χ1v) is 6.70. The third-order valence-electron chi connectivity index (χ3n) is 4.14. The zero-order valence-electron chi connectivity index (χ0n) is 11.7. The van der Waals surface area contributed by atoms with Gasteiger partial charge in [0.1, 0.15) is 5.69 Å². The maximum atomic E-state index is 10.8. The molecule has 0 bridgehead atoms. The predicted molar refractivity (Wildman–Crippen MR) is 77.3 cm³/mol. The maximum Gasteiger partial charge on any atom is 0.292 e. The molecule has 104 valence electrons. The molecule has 1 saturated heterocycles. The zero-order valence-corrected chi connectivity index (χ0v) is 11.7. The molecule has 3 unspecified atom stereocenters. The lowest BCUT2D eigenvalue weighted by Gasteiger charge is -2.42. The molecule has 1 aromatic rings. The lowest BCUT2D eigenvalue weighted by molar-refractivity contribution is -0.383. The molecule has 0 aromatic heterocycles. The van der Waals surface area contributed by atoms with E-state index in [0.29, 0.717) is 17.9 Å². The summed E-state index contributed by atoms with van der Waals surface area (Å²) < 4.78 is 0. The number of anilines is 2. The molecule has 19 heavy (non-hydrogen) atoms. The minimum atomic E-state index is -0.440. The normalized spacial score (nSPS) is 27.3. The van der Waals surface area contributed by atoms with Gasteiger partial charge < -0.3 is 10.6 Å². The Bertz CT molecular complexity index is 490. The van der Waals surface area contributed by atoms with E-state index in [2.05, 4.69) is 25.7 Å². The van der Waals surface area contributed by atoms with Crippen molar-refractivity contribution in [1.29, 1.82) is 0 Å². The molecule has 1 heterocycles. The van der Waals surface area contributed by atoms with Crippen molar-refractivity contribution in [3.8, 4) is 0 Å². The zero-order chi connectivity index (χ0) is 14.2. The Kier molecular flexibility index (Phi) is 3.64. The lowest BCUT2D eigenvalue weighted by Crippen LogP contribution is -2.45. The van der Waals surface area contributed by atoms with Crippen LogP contribution in [0.2, 0.25) is 0 Å². The second kappa shape index (κ2) is 5.07. The molecule has 1 aliphatic rings. The van der Waals surface area contributed by atoms with Gasteiger partial charge in [-0.2, -0.15) is 0 Å². The number of hydrogen-bond acceptors (Lipinski definition) is 4. The first-order valence-electron chi connectivity index (χ1n) is 6.70. The molecule has 0 saturated carbocycles. The van der Waals surface area contributed by atoms with E-state index in [1.165, 1.54) is 12.5 Å². The molecule has 2 N–H and O–H groups in total. The molecule has 0 aliphatic carbocycles. The molecule has 3 atom stereocenters. The highest BCUT2D eigenvalue weighted by Gasteiger charge is 2.29. The van der Waals surface area contributed by atoms with Gasteiger partial charge in [0, 0.05) is 24.3 Å². The Morgan fingerprint density at radius 2 is 2.05 bits per heavy atom. The second-order valence-electron chi connectivity index (χ2n) is 5.71. The highest BCUT2D eigenvalue weighted by atomic mass is 16.6. The van der Waals surface area contributed by atoms with Crippen LogP contribution >= 0.6 is 0 Å². The second-order valence-corrected chi connectivity index (χ2v) is 5.71. The van der Waals surface area contributed by atoms with Crippen molar-refractivity contribution in [3.05, 3.63) is 28.3 Å². The number of nitro groups is 1. The van der Waals surface area contributed by atoms with Crippen LogP contribution in [0, 0.1) is 22.0 Å². The summed E-state index contributed by atoms with van der Waals surface area (Å²) in [7, 11) is 0. The molecule has 0 spiro atoms. The standard InChI is InChI=1S/C14H21N3O2/c1-9-6-10(2)11(3)16(8-9)12-4-5-14(17(18)19)13(15)7-12/h4-5,7,9-11H,6,8,15H2,1-3H3. The van der Waals surface area contributed by atoms with E-state index in [4.69, 9.17) is 5.73 Å². The predicted octanol–water partition coefficient (Wildman–Crippen LogP) is 3.05. The summed E-state index contributed by atoms with van der Waals surface area (Å²) in [6, 6.07) is 5.45. The number of nitro benzene ring substituents is 1. The minimum absolute atomic E-state index is 0.0190. The monoisotopic (exact) mass is 263 g/mol. The first kappa shape index (κ1) is 13.6. The molecule has 1 aromatic carbocycles. The first-order chi connectivity index (χ1) is 8.90. The quantitative estimate of drug-likeness (QED) is 0.505. The highest BCUT2D eigenvalue weighted by Crippen LogP contribution is 2.34. The van der Waals surface area contributed by atoms with Gasteiger partial charge in [-0.05, 0) is 37.3 Å². The topological polar surface area (TPSA) is 72.4 Å². The van der Waals surface area contributed by atoms with Crippen LogP contribution in [0.1, 0.15) is 27.2 Å². The molecule has 1 fully saturated rings. The van der Waals surface area contributed by atoms with Crippen LogP contribution in [0.25, 0.3) is 0 Å². The van der Waals surface area contributed by atoms with E-state index in [1.54, 1.807) is 12.1 Å². The van der Waals surface area contributed by atoms with Crippen LogP contribution < -0.4 is 10.6 Å². The van der Waals surface area contributed by atoms with Gasteiger partial charge in [-0.1, -0.05) is 13.8 Å². The molecule has 5 heteroatoms. The molecule has 0 amide bonds.